The number of hydrogen-bond donors (Lipinski definition) is 2. The number of amides is 1. The summed E-state index contributed by atoms with van der Waals surface area (Å²) >= 11 is 0. The average molecular weight is 468 g/mol. The predicted octanol–water partition coefficient (Wildman–Crippen LogP) is 2.81. The first-order chi connectivity index (χ1) is 15.1. The lowest BCUT2D eigenvalue weighted by atomic mass is 9.85. The van der Waals surface area contributed by atoms with E-state index in [1.54, 1.807) is 0 Å². The highest BCUT2D eigenvalue weighted by molar-refractivity contribution is 6.76. The first-order valence-corrected chi connectivity index (χ1v) is 15.1. The maximum absolute atomic E-state index is 13.0. The molecule has 2 saturated heterocycles. The van der Waals surface area contributed by atoms with E-state index in [2.05, 4.69) is 19.6 Å². The summed E-state index contributed by atoms with van der Waals surface area (Å²) in [6.45, 7) is 10.7. The number of aliphatic hydroxyl groups is 2. The summed E-state index contributed by atoms with van der Waals surface area (Å²) in [6.07, 6.45) is -3.77. The number of hydrogen-bond acceptors (Lipinski definition) is 7. The van der Waals surface area contributed by atoms with Crippen LogP contribution in [0.1, 0.15) is 19.4 Å². The van der Waals surface area contributed by atoms with E-state index in [1.165, 1.54) is 5.06 Å². The molecule has 2 unspecified atom stereocenters. The van der Waals surface area contributed by atoms with E-state index < -0.39 is 50.7 Å². The number of ether oxygens (including phenoxy) is 3. The largest absolute Gasteiger partial charge is 0.448 e. The number of nitrogens with zero attached hydrogens (tertiary/aromatic N) is 1. The smallest absolute Gasteiger partial charge is 0.434 e. The standard InChI is InChI=1S/C23H37NO7Si/c1-15-20(26)18(13-25)30-22-19(16(2)29-14-17-9-7-6-8-10-17)24(31-21(15)22)23(27)28-11-12-32(3,4)5/h6-10,15-16,18-22,25-26H,11-14H2,1-5H3/t15-,16+,18?,19+,20+,21?,22+/m0/s1. The quantitative estimate of drug-likeness (QED) is 0.567. The highest BCUT2D eigenvalue weighted by Crippen LogP contribution is 2.39. The Morgan fingerprint density at radius 1 is 1.22 bits per heavy atom. The van der Waals surface area contributed by atoms with Crippen LogP contribution in [0.15, 0.2) is 30.3 Å². The first kappa shape index (κ1) is 25.1. The van der Waals surface area contributed by atoms with Gasteiger partial charge >= 0.3 is 6.09 Å². The molecule has 0 saturated carbocycles. The van der Waals surface area contributed by atoms with Crippen LogP contribution in [0.3, 0.4) is 0 Å². The first-order valence-electron chi connectivity index (χ1n) is 11.3. The number of aliphatic hydroxyl groups excluding tert-OH is 2. The molecule has 0 bridgehead atoms. The minimum Gasteiger partial charge on any atom is -0.448 e. The highest BCUT2D eigenvalue weighted by Gasteiger charge is 2.57. The topological polar surface area (TPSA) is 97.7 Å². The van der Waals surface area contributed by atoms with E-state index in [4.69, 9.17) is 19.0 Å². The Labute approximate surface area is 191 Å². The van der Waals surface area contributed by atoms with Crippen molar-refractivity contribution in [3.8, 4) is 0 Å². The van der Waals surface area contributed by atoms with E-state index in [9.17, 15) is 15.0 Å². The second-order valence-electron chi connectivity index (χ2n) is 9.98. The molecular formula is C23H37NO7Si. The van der Waals surface area contributed by atoms with Crippen molar-refractivity contribution in [1.82, 2.24) is 5.06 Å². The molecule has 180 valence electrons. The van der Waals surface area contributed by atoms with E-state index in [0.29, 0.717) is 13.2 Å². The average Bonchev–Trinajstić information content (AvgIpc) is 3.14. The van der Waals surface area contributed by atoms with E-state index in [-0.39, 0.29) is 12.5 Å². The Balaban J connectivity index is 1.76. The van der Waals surface area contributed by atoms with Crippen LogP contribution in [-0.4, -0.2) is 79.2 Å². The SMILES string of the molecule is C[C@@H]1C2ON(C(=O)OCC[Si](C)(C)C)[C@H]([C@@H](C)OCc3ccccc3)[C@H]2OC(CO)[C@@H]1O. The molecule has 2 fully saturated rings. The normalized spacial score (nSPS) is 31.3. The van der Waals surface area contributed by atoms with Gasteiger partial charge in [-0.05, 0) is 18.5 Å². The molecule has 3 rings (SSSR count). The molecule has 32 heavy (non-hydrogen) atoms. The van der Waals surface area contributed by atoms with Gasteiger partial charge < -0.3 is 24.4 Å². The second-order valence-corrected chi connectivity index (χ2v) is 15.6. The van der Waals surface area contributed by atoms with Crippen LogP contribution in [0.2, 0.25) is 25.7 Å². The molecule has 1 aromatic carbocycles. The van der Waals surface area contributed by atoms with Crippen LogP contribution in [0.4, 0.5) is 4.79 Å². The van der Waals surface area contributed by atoms with Crippen molar-refractivity contribution < 1.29 is 34.1 Å². The Bertz CT molecular complexity index is 744. The van der Waals surface area contributed by atoms with Crippen molar-refractivity contribution in [3.63, 3.8) is 0 Å². The second kappa shape index (κ2) is 10.6. The Kier molecular flexibility index (Phi) is 8.35. The van der Waals surface area contributed by atoms with E-state index in [0.717, 1.165) is 11.6 Å². The summed E-state index contributed by atoms with van der Waals surface area (Å²) in [4.78, 5) is 19.0. The van der Waals surface area contributed by atoms with Gasteiger partial charge in [-0.2, -0.15) is 5.06 Å². The monoisotopic (exact) mass is 467 g/mol. The summed E-state index contributed by atoms with van der Waals surface area (Å²) in [7, 11) is -1.36. The molecule has 2 aliphatic heterocycles. The molecular weight excluding hydrogens is 430 g/mol. The van der Waals surface area contributed by atoms with Crippen molar-refractivity contribution in [2.45, 2.75) is 82.7 Å². The summed E-state index contributed by atoms with van der Waals surface area (Å²) < 4.78 is 17.7. The molecule has 0 radical (unpaired) electrons. The van der Waals surface area contributed by atoms with Crippen LogP contribution >= 0.6 is 0 Å². The van der Waals surface area contributed by atoms with Crippen molar-refractivity contribution in [2.24, 2.45) is 5.92 Å². The van der Waals surface area contributed by atoms with Gasteiger partial charge in [0.25, 0.3) is 0 Å². The summed E-state index contributed by atoms with van der Waals surface area (Å²) in [5, 5.41) is 21.4. The molecule has 9 heteroatoms. The Hall–Kier alpha value is -1.49. The molecule has 7 atom stereocenters. The predicted molar refractivity (Wildman–Crippen MR) is 122 cm³/mol. The van der Waals surface area contributed by atoms with Gasteiger partial charge in [0.05, 0.1) is 32.0 Å². The zero-order valence-electron chi connectivity index (χ0n) is 19.6. The van der Waals surface area contributed by atoms with Crippen molar-refractivity contribution in [3.05, 3.63) is 35.9 Å². The maximum Gasteiger partial charge on any atom is 0.434 e. The van der Waals surface area contributed by atoms with Gasteiger partial charge in [0.15, 0.2) is 0 Å². The molecule has 2 heterocycles. The number of rotatable bonds is 8. The van der Waals surface area contributed by atoms with Crippen LogP contribution in [0, 0.1) is 5.92 Å². The molecule has 2 aliphatic rings. The lowest BCUT2D eigenvalue weighted by Crippen LogP contribution is -2.57. The van der Waals surface area contributed by atoms with Crippen molar-refractivity contribution >= 4 is 14.2 Å². The third-order valence-corrected chi connectivity index (χ3v) is 7.91. The van der Waals surface area contributed by atoms with Gasteiger partial charge in [0.1, 0.15) is 24.4 Å². The lowest BCUT2D eigenvalue weighted by Gasteiger charge is -2.40. The summed E-state index contributed by atoms with van der Waals surface area (Å²) in [5.41, 5.74) is 1.01. The minimum atomic E-state index is -1.36. The minimum absolute atomic E-state index is 0.318. The van der Waals surface area contributed by atoms with Crippen LogP contribution < -0.4 is 0 Å². The van der Waals surface area contributed by atoms with E-state index >= 15 is 0 Å². The third-order valence-electron chi connectivity index (χ3n) is 6.21. The van der Waals surface area contributed by atoms with Gasteiger partial charge in [0, 0.05) is 14.0 Å². The van der Waals surface area contributed by atoms with Crippen LogP contribution in [0.25, 0.3) is 0 Å². The van der Waals surface area contributed by atoms with Crippen LogP contribution in [0.5, 0.6) is 0 Å². The van der Waals surface area contributed by atoms with Gasteiger partial charge in [0.2, 0.25) is 0 Å². The molecule has 0 aliphatic carbocycles. The molecule has 0 spiro atoms. The third kappa shape index (κ3) is 5.89. The number of carbonyl (C=O) groups excluding carboxylic acids is 1. The number of carbonyl (C=O) groups is 1. The summed E-state index contributed by atoms with van der Waals surface area (Å²) in [5.74, 6) is -0.338. The van der Waals surface area contributed by atoms with Crippen molar-refractivity contribution in [1.29, 1.82) is 0 Å². The van der Waals surface area contributed by atoms with Gasteiger partial charge in [-0.25, -0.2) is 4.79 Å². The zero-order valence-corrected chi connectivity index (χ0v) is 20.6. The number of fused-ring (bicyclic) bond motifs is 1. The highest BCUT2D eigenvalue weighted by atomic mass is 28.3. The van der Waals surface area contributed by atoms with Gasteiger partial charge in [-0.15, -0.1) is 0 Å². The molecule has 8 nitrogen and oxygen atoms in total. The summed E-state index contributed by atoms with van der Waals surface area (Å²) in [6, 6.07) is 10.0. The van der Waals surface area contributed by atoms with E-state index in [1.807, 2.05) is 44.2 Å². The lowest BCUT2D eigenvalue weighted by molar-refractivity contribution is -0.212. The fourth-order valence-corrected chi connectivity index (χ4v) is 4.85. The van der Waals surface area contributed by atoms with Gasteiger partial charge in [-0.1, -0.05) is 56.9 Å². The molecule has 1 aromatic rings. The van der Waals surface area contributed by atoms with Crippen LogP contribution in [-0.2, 0) is 25.7 Å². The number of hydroxylamine groups is 2. The molecule has 0 aromatic heterocycles. The molecule has 2 N–H and O–H groups in total. The zero-order chi connectivity index (χ0) is 23.5. The number of benzene rings is 1. The molecule has 1 amide bonds. The van der Waals surface area contributed by atoms with Gasteiger partial charge in [-0.3, -0.25) is 4.84 Å². The Morgan fingerprint density at radius 3 is 2.53 bits per heavy atom. The maximum atomic E-state index is 13.0. The van der Waals surface area contributed by atoms with Crippen molar-refractivity contribution in [2.75, 3.05) is 13.2 Å². The Morgan fingerprint density at radius 2 is 1.91 bits per heavy atom. The fourth-order valence-electron chi connectivity index (χ4n) is 4.14. The fraction of sp³-hybridized carbons (Fsp3) is 0.696.